The molecule has 0 saturated heterocycles. The van der Waals surface area contributed by atoms with E-state index >= 15 is 0 Å². The Morgan fingerprint density at radius 1 is 1.15 bits per heavy atom. The van der Waals surface area contributed by atoms with Crippen LogP contribution in [-0.2, 0) is 19.1 Å². The highest BCUT2D eigenvalue weighted by Gasteiger charge is 2.43. The Hall–Kier alpha value is -3.66. The summed E-state index contributed by atoms with van der Waals surface area (Å²) in [5.41, 5.74) is -0.725. The lowest BCUT2D eigenvalue weighted by Crippen LogP contribution is -2.33. The first-order chi connectivity index (χ1) is 12.8. The molecule has 1 aromatic carbocycles. The molecular weight excluding hydrogens is 358 g/mol. The average molecular weight is 375 g/mol. The van der Waals surface area contributed by atoms with Crippen LogP contribution in [0.25, 0.3) is 0 Å². The summed E-state index contributed by atoms with van der Waals surface area (Å²) in [6.07, 6.45) is 0. The molecule has 0 aromatic heterocycles. The lowest BCUT2D eigenvalue weighted by atomic mass is 9.77. The fraction of sp³-hybridized carbons (Fsp3) is 0.412. The molecule has 3 atom stereocenters. The predicted octanol–water partition coefficient (Wildman–Crippen LogP) is 1.79. The van der Waals surface area contributed by atoms with E-state index in [0.29, 0.717) is 0 Å². The summed E-state index contributed by atoms with van der Waals surface area (Å²) in [4.78, 5) is 34.7. The van der Waals surface area contributed by atoms with Crippen LogP contribution < -0.4 is 0 Å². The average Bonchev–Trinajstić information content (AvgIpc) is 2.62. The summed E-state index contributed by atoms with van der Waals surface area (Å²) in [7, 11) is 0. The molecule has 0 amide bonds. The molecule has 1 unspecified atom stereocenters. The minimum Gasteiger partial charge on any atom is -0.508 e. The van der Waals surface area contributed by atoms with E-state index < -0.39 is 46.1 Å². The zero-order chi connectivity index (χ0) is 20.6. The number of hydrogen-bond acceptors (Lipinski definition) is 9. The zero-order valence-electron chi connectivity index (χ0n) is 14.6. The van der Waals surface area contributed by atoms with Gasteiger partial charge in [-0.25, -0.2) is 0 Å². The Morgan fingerprint density at radius 2 is 1.63 bits per heavy atom. The van der Waals surface area contributed by atoms with Crippen LogP contribution in [0.15, 0.2) is 18.2 Å². The lowest BCUT2D eigenvalue weighted by molar-refractivity contribution is -0.385. The van der Waals surface area contributed by atoms with Crippen LogP contribution in [0.2, 0.25) is 0 Å². The number of rotatable bonds is 8. The first-order valence-electron chi connectivity index (χ1n) is 7.92. The summed E-state index contributed by atoms with van der Waals surface area (Å²) in [6.45, 7) is 2.86. The molecule has 1 rings (SSSR count). The molecule has 1 N–H and O–H groups in total. The summed E-state index contributed by atoms with van der Waals surface area (Å²) in [5, 5.41) is 40.1. The van der Waals surface area contributed by atoms with Crippen LogP contribution in [-0.4, -0.2) is 35.2 Å². The van der Waals surface area contributed by atoms with Gasteiger partial charge in [0.15, 0.2) is 11.8 Å². The predicted molar refractivity (Wildman–Crippen MR) is 89.0 cm³/mol. The number of esters is 2. The van der Waals surface area contributed by atoms with E-state index in [2.05, 4.69) is 0 Å². The number of aromatic hydroxyl groups is 1. The van der Waals surface area contributed by atoms with Crippen molar-refractivity contribution in [2.24, 2.45) is 11.8 Å². The van der Waals surface area contributed by atoms with Crippen LogP contribution in [0, 0.1) is 44.6 Å². The van der Waals surface area contributed by atoms with Crippen LogP contribution in [0.4, 0.5) is 5.69 Å². The molecule has 0 bridgehead atoms. The number of phenolic OH excluding ortho intramolecular Hbond substituents is 1. The smallest absolute Gasteiger partial charge is 0.324 e. The van der Waals surface area contributed by atoms with Gasteiger partial charge in [0.2, 0.25) is 0 Å². The molecule has 1 aromatic rings. The molecule has 0 aliphatic carbocycles. The zero-order valence-corrected chi connectivity index (χ0v) is 14.6. The van der Waals surface area contributed by atoms with E-state index in [4.69, 9.17) is 9.47 Å². The van der Waals surface area contributed by atoms with Crippen molar-refractivity contribution in [3.8, 4) is 17.9 Å². The highest BCUT2D eigenvalue weighted by atomic mass is 16.6. The monoisotopic (exact) mass is 375 g/mol. The third-order valence-corrected chi connectivity index (χ3v) is 3.66. The molecule has 0 spiro atoms. The van der Waals surface area contributed by atoms with E-state index in [-0.39, 0.29) is 18.8 Å². The minimum atomic E-state index is -1.67. The SMILES string of the molecule is CCOC(=O)[C@@H](C#N)C(c1cc([N+](=O)[O-])ccc1O)[C@@H](C#N)C(=O)OCC. The molecule has 0 aliphatic heterocycles. The number of benzene rings is 1. The van der Waals surface area contributed by atoms with Gasteiger partial charge in [0, 0.05) is 23.6 Å². The van der Waals surface area contributed by atoms with Gasteiger partial charge in [-0.1, -0.05) is 0 Å². The molecule has 0 fully saturated rings. The molecule has 0 saturated carbocycles. The highest BCUT2D eigenvalue weighted by molar-refractivity contribution is 5.82. The third kappa shape index (κ3) is 4.92. The van der Waals surface area contributed by atoms with Gasteiger partial charge in [0.1, 0.15) is 5.75 Å². The van der Waals surface area contributed by atoms with Gasteiger partial charge in [-0.3, -0.25) is 19.7 Å². The van der Waals surface area contributed by atoms with Crippen molar-refractivity contribution >= 4 is 17.6 Å². The number of hydrogen-bond donors (Lipinski definition) is 1. The van der Waals surface area contributed by atoms with Gasteiger partial charge in [0.25, 0.3) is 5.69 Å². The summed E-state index contributed by atoms with van der Waals surface area (Å²) < 4.78 is 9.62. The normalized spacial score (nSPS) is 13.3. The minimum absolute atomic E-state index is 0.0682. The molecule has 27 heavy (non-hydrogen) atoms. The molecule has 142 valence electrons. The standard InChI is InChI=1S/C17H17N3O7/c1-3-26-16(22)12(8-18)15(13(9-19)17(23)27-4-2)11-7-10(20(24)25)5-6-14(11)21/h5-7,12-13,15,21H,3-4H2,1-2H3/t12-,13+,15?. The molecule has 0 heterocycles. The highest BCUT2D eigenvalue weighted by Crippen LogP contribution is 2.40. The summed E-state index contributed by atoms with van der Waals surface area (Å²) >= 11 is 0. The van der Waals surface area contributed by atoms with Gasteiger partial charge < -0.3 is 14.6 Å². The number of carbonyl (C=O) groups is 2. The number of nitriles is 2. The number of ether oxygens (including phenoxy) is 2. The van der Waals surface area contributed by atoms with Crippen molar-refractivity contribution in [1.29, 1.82) is 10.5 Å². The Labute approximate surface area is 154 Å². The molecular formula is C17H17N3O7. The maximum atomic E-state index is 12.2. The maximum Gasteiger partial charge on any atom is 0.324 e. The Bertz CT molecular complexity index is 774. The second kappa shape index (κ2) is 9.73. The third-order valence-electron chi connectivity index (χ3n) is 3.66. The first-order valence-corrected chi connectivity index (χ1v) is 7.92. The van der Waals surface area contributed by atoms with Crippen molar-refractivity contribution in [1.82, 2.24) is 0 Å². The maximum absolute atomic E-state index is 12.2. The van der Waals surface area contributed by atoms with Crippen molar-refractivity contribution < 1.29 is 29.1 Å². The summed E-state index contributed by atoms with van der Waals surface area (Å²) in [5.74, 6) is -7.45. The van der Waals surface area contributed by atoms with E-state index in [0.717, 1.165) is 18.2 Å². The quantitative estimate of drug-likeness (QED) is 0.405. The van der Waals surface area contributed by atoms with Crippen LogP contribution >= 0.6 is 0 Å². The number of non-ortho nitro benzene ring substituents is 1. The van der Waals surface area contributed by atoms with Gasteiger partial charge in [0.05, 0.1) is 30.3 Å². The molecule has 10 nitrogen and oxygen atoms in total. The fourth-order valence-electron chi connectivity index (χ4n) is 2.50. The second-order valence-corrected chi connectivity index (χ2v) is 5.24. The number of nitro groups is 1. The van der Waals surface area contributed by atoms with Crippen molar-refractivity contribution in [3.05, 3.63) is 33.9 Å². The van der Waals surface area contributed by atoms with E-state index in [9.17, 15) is 35.3 Å². The van der Waals surface area contributed by atoms with E-state index in [1.807, 2.05) is 0 Å². The number of nitrogens with zero attached hydrogens (tertiary/aromatic N) is 3. The summed E-state index contributed by atoms with van der Waals surface area (Å²) in [6, 6.07) is 6.22. The Morgan fingerprint density at radius 3 is 2.00 bits per heavy atom. The Balaban J connectivity index is 3.64. The second-order valence-electron chi connectivity index (χ2n) is 5.24. The van der Waals surface area contributed by atoms with Gasteiger partial charge in [-0.2, -0.15) is 10.5 Å². The van der Waals surface area contributed by atoms with E-state index in [1.54, 1.807) is 12.1 Å². The van der Waals surface area contributed by atoms with Crippen molar-refractivity contribution in [3.63, 3.8) is 0 Å². The van der Waals surface area contributed by atoms with Crippen molar-refractivity contribution in [2.45, 2.75) is 19.8 Å². The number of phenols is 1. The van der Waals surface area contributed by atoms with Crippen LogP contribution in [0.3, 0.4) is 0 Å². The molecule has 0 aliphatic rings. The lowest BCUT2D eigenvalue weighted by Gasteiger charge is -2.24. The van der Waals surface area contributed by atoms with E-state index in [1.165, 1.54) is 13.8 Å². The largest absolute Gasteiger partial charge is 0.508 e. The number of carbonyl (C=O) groups excluding carboxylic acids is 2. The van der Waals surface area contributed by atoms with Gasteiger partial charge in [-0.05, 0) is 19.9 Å². The first kappa shape index (κ1) is 21.4. The molecule has 0 radical (unpaired) electrons. The van der Waals surface area contributed by atoms with Gasteiger partial charge in [-0.15, -0.1) is 0 Å². The number of nitro benzene ring substituents is 1. The molecule has 10 heteroatoms. The Kier molecular flexibility index (Phi) is 7.70. The van der Waals surface area contributed by atoms with Gasteiger partial charge >= 0.3 is 11.9 Å². The van der Waals surface area contributed by atoms with Crippen LogP contribution in [0.1, 0.15) is 25.3 Å². The topological polar surface area (TPSA) is 164 Å². The fourth-order valence-corrected chi connectivity index (χ4v) is 2.50. The van der Waals surface area contributed by atoms with Crippen LogP contribution in [0.5, 0.6) is 5.75 Å². The van der Waals surface area contributed by atoms with Crippen molar-refractivity contribution in [2.75, 3.05) is 13.2 Å².